The summed E-state index contributed by atoms with van der Waals surface area (Å²) in [4.78, 5) is 24.3. The van der Waals surface area contributed by atoms with Crippen molar-refractivity contribution in [3.8, 4) is 0 Å². The number of hydrogen-bond donors (Lipinski definition) is 0. The zero-order valence-electron chi connectivity index (χ0n) is 18.0. The van der Waals surface area contributed by atoms with Crippen molar-refractivity contribution in [1.29, 1.82) is 0 Å². The number of hydrogen-bond acceptors (Lipinski definition) is 3. The zero-order valence-corrected chi connectivity index (χ0v) is 18.0. The van der Waals surface area contributed by atoms with Crippen molar-refractivity contribution in [2.75, 3.05) is 0 Å². The van der Waals surface area contributed by atoms with Gasteiger partial charge in [0.15, 0.2) is 5.82 Å². The summed E-state index contributed by atoms with van der Waals surface area (Å²) >= 11 is 0. The minimum Gasteiger partial charge on any atom is -0.404 e. The highest BCUT2D eigenvalue weighted by Gasteiger charge is 2.12. The van der Waals surface area contributed by atoms with Crippen molar-refractivity contribution in [2.45, 2.75) is 6.61 Å². The molecule has 5 rings (SSSR count). The smallest absolute Gasteiger partial charge is 0.294 e. The molecular weight excluding hydrogens is 408 g/mol. The van der Waals surface area contributed by atoms with Gasteiger partial charge in [-0.3, -0.25) is 4.79 Å². The minimum absolute atomic E-state index is 0.235. The SMILES string of the molecule is C=Cc1ccc(COn2c(C=Cc3ccccc3)nc3cc4ccccc4cc3c2=O)cc1. The van der Waals surface area contributed by atoms with Crippen molar-refractivity contribution in [2.24, 2.45) is 0 Å². The van der Waals surface area contributed by atoms with Crippen molar-refractivity contribution < 1.29 is 4.84 Å². The molecule has 0 saturated heterocycles. The molecule has 0 aliphatic rings. The van der Waals surface area contributed by atoms with Crippen LogP contribution in [0.3, 0.4) is 0 Å². The number of rotatable bonds is 6. The van der Waals surface area contributed by atoms with E-state index in [0.717, 1.165) is 27.5 Å². The number of nitrogens with zero attached hydrogens (tertiary/aromatic N) is 2. The molecule has 0 saturated carbocycles. The van der Waals surface area contributed by atoms with Crippen LogP contribution in [0.15, 0.2) is 102 Å². The number of benzene rings is 4. The molecule has 0 fully saturated rings. The molecule has 33 heavy (non-hydrogen) atoms. The van der Waals surface area contributed by atoms with E-state index in [4.69, 9.17) is 9.82 Å². The zero-order chi connectivity index (χ0) is 22.6. The fraction of sp³-hybridized carbons (Fsp3) is 0.0345. The molecule has 4 heteroatoms. The van der Waals surface area contributed by atoms with Crippen LogP contribution in [-0.4, -0.2) is 9.71 Å². The van der Waals surface area contributed by atoms with Gasteiger partial charge in [0, 0.05) is 0 Å². The van der Waals surface area contributed by atoms with Gasteiger partial charge >= 0.3 is 0 Å². The van der Waals surface area contributed by atoms with Crippen LogP contribution >= 0.6 is 0 Å². The monoisotopic (exact) mass is 430 g/mol. The minimum atomic E-state index is -0.235. The van der Waals surface area contributed by atoms with Gasteiger partial charge < -0.3 is 4.84 Å². The fourth-order valence-corrected chi connectivity index (χ4v) is 3.73. The van der Waals surface area contributed by atoms with Crippen LogP contribution in [0.1, 0.15) is 22.5 Å². The van der Waals surface area contributed by atoms with Gasteiger partial charge in [-0.25, -0.2) is 4.98 Å². The van der Waals surface area contributed by atoms with Crippen molar-refractivity contribution in [3.63, 3.8) is 0 Å². The van der Waals surface area contributed by atoms with E-state index in [9.17, 15) is 4.79 Å². The van der Waals surface area contributed by atoms with Crippen LogP contribution in [0.25, 0.3) is 39.9 Å². The van der Waals surface area contributed by atoms with E-state index in [1.807, 2.05) is 103 Å². The van der Waals surface area contributed by atoms with Gasteiger partial charge in [0.2, 0.25) is 0 Å². The molecule has 0 radical (unpaired) electrons. The molecule has 4 aromatic carbocycles. The molecule has 1 aromatic heterocycles. The molecule has 0 N–H and O–H groups in total. The highest BCUT2D eigenvalue weighted by Crippen LogP contribution is 2.20. The molecule has 0 aliphatic heterocycles. The molecule has 160 valence electrons. The summed E-state index contributed by atoms with van der Waals surface area (Å²) in [5, 5.41) is 2.55. The lowest BCUT2D eigenvalue weighted by Gasteiger charge is -2.13. The van der Waals surface area contributed by atoms with Crippen LogP contribution in [-0.2, 0) is 6.61 Å². The lowest BCUT2D eigenvalue weighted by Crippen LogP contribution is -2.30. The van der Waals surface area contributed by atoms with Crippen LogP contribution in [0.2, 0.25) is 0 Å². The van der Waals surface area contributed by atoms with Crippen LogP contribution < -0.4 is 10.4 Å². The molecule has 0 bridgehead atoms. The summed E-state index contributed by atoms with van der Waals surface area (Å²) < 4.78 is 1.29. The second-order valence-corrected chi connectivity index (χ2v) is 7.75. The molecule has 0 unspecified atom stereocenters. The second kappa shape index (κ2) is 8.97. The van der Waals surface area contributed by atoms with Crippen molar-refractivity contribution in [3.05, 3.63) is 130 Å². The highest BCUT2D eigenvalue weighted by atomic mass is 16.7. The average molecular weight is 431 g/mol. The third-order valence-electron chi connectivity index (χ3n) is 5.52. The summed E-state index contributed by atoms with van der Waals surface area (Å²) in [5.74, 6) is 0.439. The van der Waals surface area contributed by atoms with Crippen LogP contribution in [0.5, 0.6) is 0 Å². The van der Waals surface area contributed by atoms with E-state index < -0.39 is 0 Å². The Labute approximate surface area is 191 Å². The highest BCUT2D eigenvalue weighted by molar-refractivity contribution is 5.96. The van der Waals surface area contributed by atoms with Gasteiger partial charge in [-0.2, -0.15) is 0 Å². The van der Waals surface area contributed by atoms with Crippen LogP contribution in [0, 0.1) is 0 Å². The largest absolute Gasteiger partial charge is 0.404 e. The first-order valence-corrected chi connectivity index (χ1v) is 10.7. The molecule has 0 atom stereocenters. The van der Waals surface area contributed by atoms with E-state index in [-0.39, 0.29) is 12.2 Å². The Kier molecular flexibility index (Phi) is 5.56. The molecule has 0 spiro atoms. The van der Waals surface area contributed by atoms with Gasteiger partial charge in [0.1, 0.15) is 6.61 Å². The fourth-order valence-electron chi connectivity index (χ4n) is 3.73. The molecular formula is C29H22N2O2. The van der Waals surface area contributed by atoms with E-state index >= 15 is 0 Å². The average Bonchev–Trinajstić information content (AvgIpc) is 2.87. The summed E-state index contributed by atoms with van der Waals surface area (Å²) in [6.45, 7) is 4.02. The van der Waals surface area contributed by atoms with Crippen molar-refractivity contribution in [1.82, 2.24) is 9.71 Å². The molecule has 4 nitrogen and oxygen atoms in total. The molecule has 0 amide bonds. The summed E-state index contributed by atoms with van der Waals surface area (Å²) in [5.41, 5.74) is 3.39. The van der Waals surface area contributed by atoms with Gasteiger partial charge in [0.25, 0.3) is 5.56 Å². The maximum absolute atomic E-state index is 13.5. The summed E-state index contributed by atoms with van der Waals surface area (Å²) in [6, 6.07) is 29.5. The lowest BCUT2D eigenvalue weighted by molar-refractivity contribution is 0.0865. The summed E-state index contributed by atoms with van der Waals surface area (Å²) in [7, 11) is 0. The maximum Gasteiger partial charge on any atom is 0.294 e. The molecule has 1 heterocycles. The standard InChI is InChI=1S/C29H22N2O2/c1-2-21-12-14-23(15-13-21)20-33-31-28(17-16-22-8-4-3-5-9-22)30-27-19-25-11-7-6-10-24(25)18-26(27)29(31)32/h2-19H,1,20H2. The second-order valence-electron chi connectivity index (χ2n) is 7.75. The van der Waals surface area contributed by atoms with Gasteiger partial charge in [-0.15, -0.1) is 4.73 Å². The predicted molar refractivity (Wildman–Crippen MR) is 136 cm³/mol. The Balaban J connectivity index is 1.60. The Bertz CT molecular complexity index is 1530. The Hall–Kier alpha value is -4.44. The Morgan fingerprint density at radius 3 is 2.24 bits per heavy atom. The number of aromatic nitrogens is 2. The predicted octanol–water partition coefficient (Wildman–Crippen LogP) is 5.99. The first-order chi connectivity index (χ1) is 16.2. The first-order valence-electron chi connectivity index (χ1n) is 10.7. The van der Waals surface area contributed by atoms with Gasteiger partial charge in [-0.05, 0) is 45.7 Å². The first kappa shape index (κ1) is 20.5. The Morgan fingerprint density at radius 1 is 0.818 bits per heavy atom. The third kappa shape index (κ3) is 4.32. The number of fused-ring (bicyclic) bond motifs is 2. The van der Waals surface area contributed by atoms with E-state index in [1.54, 1.807) is 6.08 Å². The van der Waals surface area contributed by atoms with Crippen LogP contribution in [0.4, 0.5) is 0 Å². The normalized spacial score (nSPS) is 11.3. The quantitative estimate of drug-likeness (QED) is 0.311. The Morgan fingerprint density at radius 2 is 1.52 bits per heavy atom. The van der Waals surface area contributed by atoms with E-state index in [2.05, 4.69) is 6.58 Å². The third-order valence-corrected chi connectivity index (χ3v) is 5.52. The van der Waals surface area contributed by atoms with E-state index in [0.29, 0.717) is 16.7 Å². The van der Waals surface area contributed by atoms with E-state index in [1.165, 1.54) is 4.73 Å². The maximum atomic E-state index is 13.5. The van der Waals surface area contributed by atoms with Crippen molar-refractivity contribution >= 4 is 39.9 Å². The lowest BCUT2D eigenvalue weighted by atomic mass is 10.1. The molecule has 5 aromatic rings. The summed E-state index contributed by atoms with van der Waals surface area (Å²) in [6.07, 6.45) is 5.53. The van der Waals surface area contributed by atoms with Gasteiger partial charge in [-0.1, -0.05) is 97.6 Å². The van der Waals surface area contributed by atoms with Gasteiger partial charge in [0.05, 0.1) is 10.9 Å². The molecule has 0 aliphatic carbocycles. The topological polar surface area (TPSA) is 44.1 Å².